The largest absolute Gasteiger partial charge is 0.330 e. The lowest BCUT2D eigenvalue weighted by Gasteiger charge is -2.33. The Hall–Kier alpha value is -0.890. The first-order chi connectivity index (χ1) is 7.29. The van der Waals surface area contributed by atoms with Crippen molar-refractivity contribution in [3.8, 4) is 0 Å². The second-order valence-corrected chi connectivity index (χ2v) is 4.52. The molecule has 82 valence electrons. The highest BCUT2D eigenvalue weighted by Gasteiger charge is 2.26. The SMILES string of the molecule is NCC(Cc1ccc(F)cc1)C1CCC1. The molecule has 1 fully saturated rings. The third-order valence-corrected chi connectivity index (χ3v) is 3.53. The van der Waals surface area contributed by atoms with E-state index >= 15 is 0 Å². The summed E-state index contributed by atoms with van der Waals surface area (Å²) in [6.45, 7) is 0.752. The molecule has 2 N–H and O–H groups in total. The second-order valence-electron chi connectivity index (χ2n) is 4.52. The molecule has 0 heterocycles. The molecule has 0 amide bonds. The van der Waals surface area contributed by atoms with Crippen LogP contribution in [-0.4, -0.2) is 6.54 Å². The van der Waals surface area contributed by atoms with E-state index in [0.717, 1.165) is 18.9 Å². The number of benzene rings is 1. The number of hydrogen-bond acceptors (Lipinski definition) is 1. The van der Waals surface area contributed by atoms with Gasteiger partial charge in [0.05, 0.1) is 0 Å². The van der Waals surface area contributed by atoms with Crippen LogP contribution in [0.15, 0.2) is 24.3 Å². The summed E-state index contributed by atoms with van der Waals surface area (Å²) in [6.07, 6.45) is 5.00. The van der Waals surface area contributed by atoms with Gasteiger partial charge in [0.15, 0.2) is 0 Å². The van der Waals surface area contributed by atoms with E-state index in [1.165, 1.54) is 37.0 Å². The van der Waals surface area contributed by atoms with E-state index in [4.69, 9.17) is 5.73 Å². The Morgan fingerprint density at radius 3 is 2.40 bits per heavy atom. The van der Waals surface area contributed by atoms with Gasteiger partial charge in [-0.15, -0.1) is 0 Å². The molecule has 15 heavy (non-hydrogen) atoms. The van der Waals surface area contributed by atoms with Crippen molar-refractivity contribution in [2.75, 3.05) is 6.54 Å². The second kappa shape index (κ2) is 4.75. The van der Waals surface area contributed by atoms with Crippen molar-refractivity contribution in [1.29, 1.82) is 0 Å². The van der Waals surface area contributed by atoms with Gasteiger partial charge in [0.2, 0.25) is 0 Å². The molecule has 1 aromatic rings. The molecule has 0 aromatic heterocycles. The van der Waals surface area contributed by atoms with E-state index in [2.05, 4.69) is 0 Å². The van der Waals surface area contributed by atoms with Gasteiger partial charge in [-0.05, 0) is 42.5 Å². The molecule has 2 rings (SSSR count). The molecule has 0 aliphatic heterocycles. The molecule has 1 saturated carbocycles. The quantitative estimate of drug-likeness (QED) is 0.807. The highest BCUT2D eigenvalue weighted by molar-refractivity contribution is 5.17. The number of rotatable bonds is 4. The zero-order chi connectivity index (χ0) is 10.7. The van der Waals surface area contributed by atoms with Crippen molar-refractivity contribution < 1.29 is 4.39 Å². The summed E-state index contributed by atoms with van der Waals surface area (Å²) in [5, 5.41) is 0. The van der Waals surface area contributed by atoms with Crippen molar-refractivity contribution in [2.45, 2.75) is 25.7 Å². The van der Waals surface area contributed by atoms with Crippen molar-refractivity contribution in [2.24, 2.45) is 17.6 Å². The van der Waals surface area contributed by atoms with E-state index in [0.29, 0.717) is 5.92 Å². The minimum atomic E-state index is -0.160. The van der Waals surface area contributed by atoms with Crippen LogP contribution in [0, 0.1) is 17.7 Å². The third kappa shape index (κ3) is 2.57. The van der Waals surface area contributed by atoms with Crippen molar-refractivity contribution in [3.05, 3.63) is 35.6 Å². The summed E-state index contributed by atoms with van der Waals surface area (Å²) in [7, 11) is 0. The van der Waals surface area contributed by atoms with E-state index in [1.54, 1.807) is 0 Å². The van der Waals surface area contributed by atoms with Crippen LogP contribution in [0.4, 0.5) is 4.39 Å². The molecule has 2 heteroatoms. The Morgan fingerprint density at radius 2 is 1.93 bits per heavy atom. The summed E-state index contributed by atoms with van der Waals surface area (Å²) >= 11 is 0. The molecule has 0 radical (unpaired) electrons. The number of nitrogens with two attached hydrogens (primary N) is 1. The molecule has 0 saturated heterocycles. The van der Waals surface area contributed by atoms with Crippen LogP contribution in [0.5, 0.6) is 0 Å². The summed E-state index contributed by atoms with van der Waals surface area (Å²) in [4.78, 5) is 0. The van der Waals surface area contributed by atoms with Crippen LogP contribution in [0.3, 0.4) is 0 Å². The fourth-order valence-corrected chi connectivity index (χ4v) is 2.28. The maximum absolute atomic E-state index is 12.7. The van der Waals surface area contributed by atoms with Crippen LogP contribution in [0.1, 0.15) is 24.8 Å². The number of hydrogen-bond donors (Lipinski definition) is 1. The summed E-state index contributed by atoms with van der Waals surface area (Å²) < 4.78 is 12.7. The summed E-state index contributed by atoms with van der Waals surface area (Å²) in [5.74, 6) is 1.23. The van der Waals surface area contributed by atoms with Crippen LogP contribution >= 0.6 is 0 Å². The molecule has 1 aliphatic rings. The maximum atomic E-state index is 12.7. The van der Waals surface area contributed by atoms with Crippen LogP contribution < -0.4 is 5.73 Å². The Balaban J connectivity index is 1.96. The van der Waals surface area contributed by atoms with Crippen molar-refractivity contribution in [1.82, 2.24) is 0 Å². The van der Waals surface area contributed by atoms with Gasteiger partial charge in [-0.1, -0.05) is 31.4 Å². The van der Waals surface area contributed by atoms with Gasteiger partial charge in [-0.3, -0.25) is 0 Å². The van der Waals surface area contributed by atoms with Gasteiger partial charge in [0.25, 0.3) is 0 Å². The third-order valence-electron chi connectivity index (χ3n) is 3.53. The van der Waals surface area contributed by atoms with Crippen molar-refractivity contribution in [3.63, 3.8) is 0 Å². The fourth-order valence-electron chi connectivity index (χ4n) is 2.28. The van der Waals surface area contributed by atoms with Gasteiger partial charge in [-0.2, -0.15) is 0 Å². The zero-order valence-corrected chi connectivity index (χ0v) is 8.95. The Morgan fingerprint density at radius 1 is 1.27 bits per heavy atom. The fraction of sp³-hybridized carbons (Fsp3) is 0.538. The van der Waals surface area contributed by atoms with Crippen LogP contribution in [0.25, 0.3) is 0 Å². The van der Waals surface area contributed by atoms with Gasteiger partial charge < -0.3 is 5.73 Å². The van der Waals surface area contributed by atoms with Gasteiger partial charge in [-0.25, -0.2) is 4.39 Å². The van der Waals surface area contributed by atoms with E-state index in [9.17, 15) is 4.39 Å². The molecular formula is C13H18FN. The molecule has 1 aliphatic carbocycles. The first kappa shape index (κ1) is 10.6. The molecule has 1 aromatic carbocycles. The predicted octanol–water partition coefficient (Wildman–Crippen LogP) is 2.74. The lowest BCUT2D eigenvalue weighted by Crippen LogP contribution is -2.30. The van der Waals surface area contributed by atoms with Gasteiger partial charge >= 0.3 is 0 Å². The molecule has 0 bridgehead atoms. The minimum Gasteiger partial charge on any atom is -0.330 e. The smallest absolute Gasteiger partial charge is 0.123 e. The van der Waals surface area contributed by atoms with Crippen molar-refractivity contribution >= 4 is 0 Å². The Bertz CT molecular complexity index is 303. The monoisotopic (exact) mass is 207 g/mol. The van der Waals surface area contributed by atoms with E-state index in [1.807, 2.05) is 12.1 Å². The maximum Gasteiger partial charge on any atom is 0.123 e. The average molecular weight is 207 g/mol. The first-order valence-electron chi connectivity index (χ1n) is 5.74. The van der Waals surface area contributed by atoms with Crippen LogP contribution in [-0.2, 0) is 6.42 Å². The molecule has 1 unspecified atom stereocenters. The van der Waals surface area contributed by atoms with Gasteiger partial charge in [0, 0.05) is 0 Å². The number of halogens is 1. The Labute approximate surface area is 90.5 Å². The topological polar surface area (TPSA) is 26.0 Å². The highest BCUT2D eigenvalue weighted by atomic mass is 19.1. The average Bonchev–Trinajstić information content (AvgIpc) is 2.17. The standard InChI is InChI=1S/C13H18FN/c14-13-6-4-10(5-7-13)8-12(9-15)11-2-1-3-11/h4-7,11-12H,1-3,8-9,15H2. The lowest BCUT2D eigenvalue weighted by molar-refractivity contribution is 0.209. The van der Waals surface area contributed by atoms with Gasteiger partial charge in [0.1, 0.15) is 5.82 Å². The van der Waals surface area contributed by atoms with E-state index in [-0.39, 0.29) is 5.82 Å². The normalized spacial score (nSPS) is 18.5. The Kier molecular flexibility index (Phi) is 3.37. The molecule has 0 spiro atoms. The summed E-state index contributed by atoms with van der Waals surface area (Å²) in [6, 6.07) is 6.81. The highest BCUT2D eigenvalue weighted by Crippen LogP contribution is 2.34. The lowest BCUT2D eigenvalue weighted by atomic mass is 9.73. The molecular weight excluding hydrogens is 189 g/mol. The summed E-state index contributed by atoms with van der Waals surface area (Å²) in [5.41, 5.74) is 6.99. The van der Waals surface area contributed by atoms with E-state index < -0.39 is 0 Å². The molecule has 1 atom stereocenters. The zero-order valence-electron chi connectivity index (χ0n) is 8.95. The first-order valence-corrected chi connectivity index (χ1v) is 5.74. The predicted molar refractivity (Wildman–Crippen MR) is 60.0 cm³/mol. The molecule has 1 nitrogen and oxygen atoms in total. The minimum absolute atomic E-state index is 0.160. The van der Waals surface area contributed by atoms with Crippen LogP contribution in [0.2, 0.25) is 0 Å².